The van der Waals surface area contributed by atoms with Gasteiger partial charge >= 0.3 is 0 Å². The molecule has 0 radical (unpaired) electrons. The summed E-state index contributed by atoms with van der Waals surface area (Å²) in [7, 11) is 0. The first-order chi connectivity index (χ1) is 8.72. The Morgan fingerprint density at radius 1 is 1.39 bits per heavy atom. The summed E-state index contributed by atoms with van der Waals surface area (Å²) >= 11 is 9.28. The lowest BCUT2D eigenvalue weighted by molar-refractivity contribution is 0.0913. The number of nitrogens with one attached hydrogen (secondary N) is 1. The van der Waals surface area contributed by atoms with Crippen molar-refractivity contribution in [3.63, 3.8) is 0 Å². The lowest BCUT2D eigenvalue weighted by Crippen LogP contribution is -2.47. The Hall–Kier alpha value is -0.580. The van der Waals surface area contributed by atoms with Crippen LogP contribution in [-0.2, 0) is 0 Å². The van der Waals surface area contributed by atoms with Crippen molar-refractivity contribution in [2.75, 3.05) is 5.88 Å². The standard InChI is InChI=1S/C13H14ClNOS2/c14-8-13(4-1-2-5-13)15-12(16)11-7-10-9(18-11)3-6-17-10/h3,6-7H,1-2,4-5,8H2,(H,15,16). The summed E-state index contributed by atoms with van der Waals surface area (Å²) in [4.78, 5) is 13.1. The molecule has 18 heavy (non-hydrogen) atoms. The summed E-state index contributed by atoms with van der Waals surface area (Å²) in [6.07, 6.45) is 4.32. The largest absolute Gasteiger partial charge is 0.345 e. The smallest absolute Gasteiger partial charge is 0.261 e. The van der Waals surface area contributed by atoms with Gasteiger partial charge in [0, 0.05) is 15.3 Å². The van der Waals surface area contributed by atoms with Crippen LogP contribution in [0.1, 0.15) is 35.4 Å². The number of halogens is 1. The molecule has 96 valence electrons. The van der Waals surface area contributed by atoms with Crippen molar-refractivity contribution in [1.82, 2.24) is 5.32 Å². The van der Waals surface area contributed by atoms with Gasteiger partial charge in [-0.2, -0.15) is 0 Å². The number of alkyl halides is 1. The first-order valence-electron chi connectivity index (χ1n) is 6.08. The number of carbonyl (C=O) groups is 1. The molecule has 2 aromatic heterocycles. The quantitative estimate of drug-likeness (QED) is 0.844. The minimum absolute atomic E-state index is 0.0333. The van der Waals surface area contributed by atoms with Gasteiger partial charge in [-0.15, -0.1) is 34.3 Å². The van der Waals surface area contributed by atoms with E-state index in [9.17, 15) is 4.79 Å². The van der Waals surface area contributed by atoms with E-state index in [1.54, 1.807) is 22.7 Å². The molecule has 0 aromatic carbocycles. The maximum atomic E-state index is 12.3. The Morgan fingerprint density at radius 3 is 2.83 bits per heavy atom. The SMILES string of the molecule is O=C(NC1(CCl)CCCC1)c1cc2sccc2s1. The summed E-state index contributed by atoms with van der Waals surface area (Å²) in [5, 5.41) is 5.21. The molecule has 2 aromatic rings. The molecule has 0 saturated heterocycles. The summed E-state index contributed by atoms with van der Waals surface area (Å²) in [6.45, 7) is 0. The second kappa shape index (κ2) is 4.83. The Morgan fingerprint density at radius 2 is 2.17 bits per heavy atom. The number of hydrogen-bond acceptors (Lipinski definition) is 3. The van der Waals surface area contributed by atoms with Crippen molar-refractivity contribution in [3.05, 3.63) is 22.4 Å². The van der Waals surface area contributed by atoms with Crippen LogP contribution in [0.4, 0.5) is 0 Å². The zero-order valence-electron chi connectivity index (χ0n) is 9.87. The highest BCUT2D eigenvalue weighted by Crippen LogP contribution is 2.33. The second-order valence-electron chi connectivity index (χ2n) is 4.83. The van der Waals surface area contributed by atoms with E-state index in [-0.39, 0.29) is 11.4 Å². The van der Waals surface area contributed by atoms with E-state index in [2.05, 4.69) is 16.8 Å². The molecule has 1 saturated carbocycles. The fraction of sp³-hybridized carbons (Fsp3) is 0.462. The van der Waals surface area contributed by atoms with E-state index in [0.717, 1.165) is 30.6 Å². The van der Waals surface area contributed by atoms with Gasteiger partial charge in [-0.1, -0.05) is 12.8 Å². The average Bonchev–Trinajstić information content (AvgIpc) is 3.03. The highest BCUT2D eigenvalue weighted by Gasteiger charge is 2.34. The minimum atomic E-state index is -0.171. The molecule has 1 fully saturated rings. The summed E-state index contributed by atoms with van der Waals surface area (Å²) < 4.78 is 2.38. The molecule has 1 aliphatic rings. The van der Waals surface area contributed by atoms with Crippen LogP contribution in [0.2, 0.25) is 0 Å². The van der Waals surface area contributed by atoms with Crippen molar-refractivity contribution in [1.29, 1.82) is 0 Å². The van der Waals surface area contributed by atoms with Gasteiger partial charge in [0.2, 0.25) is 0 Å². The fourth-order valence-electron chi connectivity index (χ4n) is 2.52. The van der Waals surface area contributed by atoms with Crippen LogP contribution in [0.3, 0.4) is 0 Å². The van der Waals surface area contributed by atoms with Crippen molar-refractivity contribution < 1.29 is 4.79 Å². The Balaban J connectivity index is 1.80. The van der Waals surface area contributed by atoms with Crippen LogP contribution in [0.25, 0.3) is 9.40 Å². The van der Waals surface area contributed by atoms with Crippen LogP contribution in [0.15, 0.2) is 17.5 Å². The predicted octanol–water partition coefficient (Wildman–Crippen LogP) is 4.24. The third kappa shape index (κ3) is 2.17. The van der Waals surface area contributed by atoms with Gasteiger partial charge in [-0.05, 0) is 30.4 Å². The molecule has 0 spiro atoms. The molecule has 0 unspecified atom stereocenters. The van der Waals surface area contributed by atoms with Crippen LogP contribution >= 0.6 is 34.3 Å². The van der Waals surface area contributed by atoms with Gasteiger partial charge in [0.15, 0.2) is 0 Å². The molecule has 1 aliphatic carbocycles. The Bertz CT molecular complexity index is 540. The third-order valence-corrected chi connectivity index (χ3v) is 6.16. The molecule has 2 heterocycles. The topological polar surface area (TPSA) is 29.1 Å². The zero-order chi connectivity index (χ0) is 12.6. The number of rotatable bonds is 3. The molecule has 0 bridgehead atoms. The molecule has 1 N–H and O–H groups in total. The lowest BCUT2D eigenvalue weighted by atomic mass is 10.0. The monoisotopic (exact) mass is 299 g/mol. The number of thiophene rings is 2. The molecule has 5 heteroatoms. The average molecular weight is 300 g/mol. The lowest BCUT2D eigenvalue weighted by Gasteiger charge is -2.27. The maximum absolute atomic E-state index is 12.3. The van der Waals surface area contributed by atoms with Crippen molar-refractivity contribution in [2.24, 2.45) is 0 Å². The fourth-order valence-corrected chi connectivity index (χ4v) is 4.86. The van der Waals surface area contributed by atoms with E-state index in [0.29, 0.717) is 5.88 Å². The van der Waals surface area contributed by atoms with E-state index in [4.69, 9.17) is 11.6 Å². The van der Waals surface area contributed by atoms with Gasteiger partial charge in [0.05, 0.1) is 10.4 Å². The molecule has 0 atom stereocenters. The Labute approximate surface area is 119 Å². The van der Waals surface area contributed by atoms with E-state index in [1.807, 2.05) is 6.07 Å². The zero-order valence-corrected chi connectivity index (χ0v) is 12.3. The van der Waals surface area contributed by atoms with Gasteiger partial charge in [-0.25, -0.2) is 0 Å². The molecule has 0 aliphatic heterocycles. The number of amides is 1. The molecule has 3 rings (SSSR count). The van der Waals surface area contributed by atoms with Gasteiger partial charge in [0.25, 0.3) is 5.91 Å². The van der Waals surface area contributed by atoms with Crippen molar-refractivity contribution >= 4 is 49.6 Å². The highest BCUT2D eigenvalue weighted by atomic mass is 35.5. The normalized spacial score (nSPS) is 18.3. The van der Waals surface area contributed by atoms with Gasteiger partial charge < -0.3 is 5.32 Å². The first kappa shape index (κ1) is 12.5. The third-order valence-electron chi connectivity index (χ3n) is 3.56. The van der Waals surface area contributed by atoms with Crippen LogP contribution in [0, 0.1) is 0 Å². The number of carbonyl (C=O) groups excluding carboxylic acids is 1. The number of hydrogen-bond donors (Lipinski definition) is 1. The van der Waals surface area contributed by atoms with E-state index in [1.165, 1.54) is 9.40 Å². The molecule has 2 nitrogen and oxygen atoms in total. The molecule has 1 amide bonds. The summed E-state index contributed by atoms with van der Waals surface area (Å²) in [6, 6.07) is 4.05. The summed E-state index contributed by atoms with van der Waals surface area (Å²) in [5.74, 6) is 0.546. The van der Waals surface area contributed by atoms with Gasteiger partial charge in [-0.3, -0.25) is 4.79 Å². The van der Waals surface area contributed by atoms with Crippen molar-refractivity contribution in [2.45, 2.75) is 31.2 Å². The highest BCUT2D eigenvalue weighted by molar-refractivity contribution is 7.27. The first-order valence-corrected chi connectivity index (χ1v) is 8.31. The van der Waals surface area contributed by atoms with E-state index >= 15 is 0 Å². The summed E-state index contributed by atoms with van der Waals surface area (Å²) in [5.41, 5.74) is -0.171. The predicted molar refractivity (Wildman–Crippen MR) is 79.1 cm³/mol. The van der Waals surface area contributed by atoms with Crippen molar-refractivity contribution in [3.8, 4) is 0 Å². The molecular formula is C13H14ClNOS2. The second-order valence-corrected chi connectivity index (χ2v) is 7.13. The number of fused-ring (bicyclic) bond motifs is 1. The van der Waals surface area contributed by atoms with Crippen LogP contribution in [-0.4, -0.2) is 17.3 Å². The van der Waals surface area contributed by atoms with Crippen LogP contribution < -0.4 is 5.32 Å². The van der Waals surface area contributed by atoms with E-state index < -0.39 is 0 Å². The van der Waals surface area contributed by atoms with Crippen LogP contribution in [0.5, 0.6) is 0 Å². The molecular weight excluding hydrogens is 286 g/mol. The van der Waals surface area contributed by atoms with Gasteiger partial charge in [0.1, 0.15) is 0 Å². The Kier molecular flexibility index (Phi) is 3.34. The minimum Gasteiger partial charge on any atom is -0.345 e. The maximum Gasteiger partial charge on any atom is 0.261 e.